The van der Waals surface area contributed by atoms with E-state index >= 15 is 0 Å². The van der Waals surface area contributed by atoms with E-state index in [-0.39, 0.29) is 17.9 Å². The quantitative estimate of drug-likeness (QED) is 0.569. The summed E-state index contributed by atoms with van der Waals surface area (Å²) in [7, 11) is 0. The van der Waals surface area contributed by atoms with Crippen molar-refractivity contribution in [2.75, 3.05) is 26.2 Å². The van der Waals surface area contributed by atoms with Crippen molar-refractivity contribution < 1.29 is 9.59 Å². The van der Waals surface area contributed by atoms with Gasteiger partial charge in [-0.25, -0.2) is 0 Å². The average Bonchev–Trinajstić information content (AvgIpc) is 3.25. The molecule has 1 aliphatic carbocycles. The minimum Gasteiger partial charge on any atom is -0.351 e. The van der Waals surface area contributed by atoms with Crippen LogP contribution < -0.4 is 5.32 Å². The summed E-state index contributed by atoms with van der Waals surface area (Å²) in [5.74, 6) is -0.0193. The molecule has 1 saturated carbocycles. The molecule has 1 aliphatic heterocycles. The molecule has 7 heteroatoms. The molecule has 0 radical (unpaired) electrons. The van der Waals surface area contributed by atoms with Crippen LogP contribution in [0.1, 0.15) is 81.6 Å². The molecule has 0 bridgehead atoms. The van der Waals surface area contributed by atoms with Gasteiger partial charge in [0.1, 0.15) is 11.2 Å². The minimum atomic E-state index is -0.899. The maximum absolute atomic E-state index is 13.8. The van der Waals surface area contributed by atoms with Crippen molar-refractivity contribution in [3.8, 4) is 0 Å². The van der Waals surface area contributed by atoms with E-state index < -0.39 is 5.54 Å². The van der Waals surface area contributed by atoms with Gasteiger partial charge in [0.15, 0.2) is 0 Å². The second-order valence-electron chi connectivity index (χ2n) is 9.85. The summed E-state index contributed by atoms with van der Waals surface area (Å²) in [5, 5.41) is 3.37. The normalized spacial score (nSPS) is 22.1. The molecular formula is C26H40N4O2S. The Labute approximate surface area is 202 Å². The fourth-order valence-corrected chi connectivity index (χ4v) is 6.50. The number of amides is 2. The zero-order valence-electron chi connectivity index (χ0n) is 20.8. The van der Waals surface area contributed by atoms with Crippen LogP contribution in [-0.4, -0.2) is 63.9 Å². The van der Waals surface area contributed by atoms with Crippen molar-refractivity contribution in [2.24, 2.45) is 0 Å². The number of hydrogen-bond acceptors (Lipinski definition) is 4. The smallest absolute Gasteiger partial charge is 0.271 e. The number of hydrogen-bond donors (Lipinski definition) is 1. The first-order chi connectivity index (χ1) is 15.9. The summed E-state index contributed by atoms with van der Waals surface area (Å²) in [6.45, 7) is 12.1. The average molecular weight is 473 g/mol. The second kappa shape index (κ2) is 10.2. The first-order valence-corrected chi connectivity index (χ1v) is 13.7. The van der Waals surface area contributed by atoms with Gasteiger partial charge in [-0.15, -0.1) is 11.3 Å². The monoisotopic (exact) mass is 472 g/mol. The molecule has 182 valence electrons. The highest BCUT2D eigenvalue weighted by atomic mass is 32.1. The lowest BCUT2D eigenvalue weighted by Gasteiger charge is -2.45. The van der Waals surface area contributed by atoms with E-state index in [1.807, 2.05) is 17.9 Å². The zero-order chi connectivity index (χ0) is 23.6. The number of likely N-dealkylation sites (N-methyl/N-ethyl adjacent to an activating group) is 1. The van der Waals surface area contributed by atoms with Crippen molar-refractivity contribution in [2.45, 2.75) is 90.8 Å². The van der Waals surface area contributed by atoms with Gasteiger partial charge < -0.3 is 19.7 Å². The van der Waals surface area contributed by atoms with E-state index in [1.165, 1.54) is 30.6 Å². The lowest BCUT2D eigenvalue weighted by Crippen LogP contribution is -2.65. The van der Waals surface area contributed by atoms with Gasteiger partial charge in [0.25, 0.3) is 5.91 Å². The Morgan fingerprint density at radius 1 is 1.15 bits per heavy atom. The fraction of sp³-hybridized carbons (Fsp3) is 0.692. The number of carbonyl (C=O) groups is 2. The minimum absolute atomic E-state index is 0.000687. The lowest BCUT2D eigenvalue weighted by molar-refractivity contribution is -0.133. The predicted octanol–water partition coefficient (Wildman–Crippen LogP) is 4.66. The number of aryl methyl sites for hydroxylation is 1. The van der Waals surface area contributed by atoms with Crippen molar-refractivity contribution in [1.29, 1.82) is 0 Å². The summed E-state index contributed by atoms with van der Waals surface area (Å²) < 4.78 is 3.25. The molecule has 4 rings (SSSR count). The first-order valence-electron chi connectivity index (χ1n) is 12.9. The van der Waals surface area contributed by atoms with Gasteiger partial charge in [0.05, 0.1) is 16.8 Å². The Kier molecular flexibility index (Phi) is 7.49. The number of carbonyl (C=O) groups excluding carboxylic acids is 2. The third-order valence-corrected chi connectivity index (χ3v) is 8.94. The molecule has 2 aromatic rings. The molecular weight excluding hydrogens is 432 g/mol. The number of aromatic nitrogens is 1. The third kappa shape index (κ3) is 4.72. The summed E-state index contributed by atoms with van der Waals surface area (Å²) in [6, 6.07) is 4.45. The van der Waals surface area contributed by atoms with Gasteiger partial charge in [0, 0.05) is 24.0 Å². The molecule has 6 nitrogen and oxygen atoms in total. The molecule has 0 saturated heterocycles. The van der Waals surface area contributed by atoms with E-state index in [0.717, 1.165) is 54.8 Å². The van der Waals surface area contributed by atoms with Gasteiger partial charge in [-0.1, -0.05) is 46.5 Å². The highest BCUT2D eigenvalue weighted by Gasteiger charge is 2.48. The van der Waals surface area contributed by atoms with Crippen LogP contribution in [0.3, 0.4) is 0 Å². The number of rotatable bonds is 8. The molecule has 1 atom stereocenters. The number of nitrogens with one attached hydrogen (secondary N) is 1. The van der Waals surface area contributed by atoms with Crippen LogP contribution >= 0.6 is 11.3 Å². The second-order valence-corrected chi connectivity index (χ2v) is 11.0. The molecule has 2 aliphatic rings. The highest BCUT2D eigenvalue weighted by molar-refractivity contribution is 7.19. The Balaban J connectivity index is 1.67. The van der Waals surface area contributed by atoms with Gasteiger partial charge in [-0.2, -0.15) is 0 Å². The molecule has 0 spiro atoms. The predicted molar refractivity (Wildman–Crippen MR) is 136 cm³/mol. The largest absolute Gasteiger partial charge is 0.351 e. The maximum atomic E-state index is 13.8. The topological polar surface area (TPSA) is 57.6 Å². The SMILES string of the molecule is CCc1cc2c(cc3n2C[C@](C)(C(=O)NC2CCCCCC2)N(CCN(CC)CC)C3=O)s1. The van der Waals surface area contributed by atoms with E-state index in [1.54, 1.807) is 11.3 Å². The Hall–Kier alpha value is -1.86. The molecule has 1 N–H and O–H groups in total. The van der Waals surface area contributed by atoms with Crippen LogP contribution in [0, 0.1) is 0 Å². The van der Waals surface area contributed by atoms with E-state index in [9.17, 15) is 9.59 Å². The summed E-state index contributed by atoms with van der Waals surface area (Å²) in [6.07, 6.45) is 7.91. The molecule has 2 amide bonds. The fourth-order valence-electron chi connectivity index (χ4n) is 5.46. The number of nitrogens with zero attached hydrogens (tertiary/aromatic N) is 3. The van der Waals surface area contributed by atoms with Crippen molar-refractivity contribution in [1.82, 2.24) is 19.7 Å². The Morgan fingerprint density at radius 3 is 2.48 bits per heavy atom. The van der Waals surface area contributed by atoms with Gasteiger partial charge in [-0.05, 0) is 51.4 Å². The van der Waals surface area contributed by atoms with Crippen LogP contribution in [0.15, 0.2) is 12.1 Å². The standard InChI is InChI=1S/C26H40N4O2S/c1-5-20-16-21-23(33-20)17-22-24(31)30(15-14-28(6-2)7-3)26(4,18-29(21)22)25(32)27-19-12-10-8-9-11-13-19/h16-17,19H,5-15,18H2,1-4H3,(H,27,32)/t26-/m1/s1. The van der Waals surface area contributed by atoms with Crippen molar-refractivity contribution >= 4 is 33.4 Å². The summed E-state index contributed by atoms with van der Waals surface area (Å²) in [4.78, 5) is 33.1. The number of thiophene rings is 1. The van der Waals surface area contributed by atoms with Gasteiger partial charge in [-0.3, -0.25) is 9.59 Å². The maximum Gasteiger partial charge on any atom is 0.271 e. The molecule has 3 heterocycles. The molecule has 2 aromatic heterocycles. The molecule has 1 fully saturated rings. The molecule has 33 heavy (non-hydrogen) atoms. The third-order valence-electron chi connectivity index (χ3n) is 7.73. The van der Waals surface area contributed by atoms with Crippen molar-refractivity contribution in [3.63, 3.8) is 0 Å². The van der Waals surface area contributed by atoms with E-state index in [2.05, 4.69) is 41.6 Å². The molecule has 0 aromatic carbocycles. The first kappa shape index (κ1) is 24.3. The summed E-state index contributed by atoms with van der Waals surface area (Å²) >= 11 is 1.76. The van der Waals surface area contributed by atoms with Crippen LogP contribution in [-0.2, 0) is 17.8 Å². The van der Waals surface area contributed by atoms with Gasteiger partial charge in [0.2, 0.25) is 5.91 Å². The molecule has 0 unspecified atom stereocenters. The van der Waals surface area contributed by atoms with E-state index in [0.29, 0.717) is 13.1 Å². The summed E-state index contributed by atoms with van der Waals surface area (Å²) in [5.41, 5.74) is 0.916. The van der Waals surface area contributed by atoms with E-state index in [4.69, 9.17) is 0 Å². The van der Waals surface area contributed by atoms with Crippen LogP contribution in [0.25, 0.3) is 10.2 Å². The van der Waals surface area contributed by atoms with Crippen LogP contribution in [0.4, 0.5) is 0 Å². The lowest BCUT2D eigenvalue weighted by atomic mass is 9.93. The van der Waals surface area contributed by atoms with Gasteiger partial charge >= 0.3 is 0 Å². The number of fused-ring (bicyclic) bond motifs is 3. The zero-order valence-corrected chi connectivity index (χ0v) is 21.6. The Morgan fingerprint density at radius 2 is 1.85 bits per heavy atom. The van der Waals surface area contributed by atoms with Crippen LogP contribution in [0.5, 0.6) is 0 Å². The Bertz CT molecular complexity index is 984. The van der Waals surface area contributed by atoms with Crippen LogP contribution in [0.2, 0.25) is 0 Å². The van der Waals surface area contributed by atoms with Crippen molar-refractivity contribution in [3.05, 3.63) is 22.7 Å². The highest BCUT2D eigenvalue weighted by Crippen LogP contribution is 2.36.